The van der Waals surface area contributed by atoms with Gasteiger partial charge in [-0.25, -0.2) is 13.2 Å². The Morgan fingerprint density at radius 2 is 1.74 bits per heavy atom. The maximum atomic E-state index is 12.8. The number of esters is 1. The Bertz CT molecular complexity index is 942. The standard InChI is InChI=1S/C21H29N3O6S/c1-14(19(25)23-21(27)22-17-10-4-3-5-11-17)30-20(26)18-12-15-8-6-7-9-16(15)13-24(18)31(2,28)29/h6-9,14,17-18H,3-5,10-13H2,1-2H3,(H2,22,23,25,27). The molecule has 170 valence electrons. The summed E-state index contributed by atoms with van der Waals surface area (Å²) in [4.78, 5) is 37.1. The Labute approximate surface area is 182 Å². The molecule has 1 aliphatic heterocycles. The molecule has 1 fully saturated rings. The van der Waals surface area contributed by atoms with E-state index in [0.29, 0.717) is 0 Å². The number of hydrogen-bond donors (Lipinski definition) is 2. The molecule has 31 heavy (non-hydrogen) atoms. The van der Waals surface area contributed by atoms with E-state index in [9.17, 15) is 22.8 Å². The van der Waals surface area contributed by atoms with Crippen LogP contribution < -0.4 is 10.6 Å². The second-order valence-electron chi connectivity index (χ2n) is 8.17. The predicted octanol–water partition coefficient (Wildman–Crippen LogP) is 1.46. The van der Waals surface area contributed by atoms with Crippen molar-refractivity contribution in [2.75, 3.05) is 6.26 Å². The minimum Gasteiger partial charge on any atom is -0.451 e. The molecule has 1 heterocycles. The van der Waals surface area contributed by atoms with Gasteiger partial charge in [0, 0.05) is 19.0 Å². The highest BCUT2D eigenvalue weighted by molar-refractivity contribution is 7.88. The van der Waals surface area contributed by atoms with Gasteiger partial charge in [0.25, 0.3) is 5.91 Å². The fourth-order valence-electron chi connectivity index (χ4n) is 4.04. The van der Waals surface area contributed by atoms with Gasteiger partial charge < -0.3 is 10.1 Å². The van der Waals surface area contributed by atoms with Gasteiger partial charge in [-0.3, -0.25) is 14.9 Å². The number of carbonyl (C=O) groups is 3. The van der Waals surface area contributed by atoms with Crippen molar-refractivity contribution in [1.29, 1.82) is 0 Å². The lowest BCUT2D eigenvalue weighted by Crippen LogP contribution is -2.51. The van der Waals surface area contributed by atoms with Crippen LogP contribution in [-0.2, 0) is 37.3 Å². The maximum absolute atomic E-state index is 12.8. The predicted molar refractivity (Wildman–Crippen MR) is 113 cm³/mol. The van der Waals surface area contributed by atoms with Gasteiger partial charge >= 0.3 is 12.0 Å². The lowest BCUT2D eigenvalue weighted by molar-refractivity contribution is -0.158. The molecule has 0 bridgehead atoms. The van der Waals surface area contributed by atoms with Crippen LogP contribution in [-0.4, -0.2) is 55.1 Å². The van der Waals surface area contributed by atoms with Gasteiger partial charge in [-0.2, -0.15) is 4.31 Å². The summed E-state index contributed by atoms with van der Waals surface area (Å²) in [6, 6.07) is 5.61. The SMILES string of the molecule is CC(OC(=O)C1Cc2ccccc2CN1S(C)(=O)=O)C(=O)NC(=O)NC1CCCCC1. The summed E-state index contributed by atoms with van der Waals surface area (Å²) < 4.78 is 30.8. The third-order valence-electron chi connectivity index (χ3n) is 5.74. The quantitative estimate of drug-likeness (QED) is 0.654. The number of hydrogen-bond acceptors (Lipinski definition) is 6. The molecule has 1 aromatic carbocycles. The van der Waals surface area contributed by atoms with E-state index in [1.165, 1.54) is 6.92 Å². The number of amides is 3. The summed E-state index contributed by atoms with van der Waals surface area (Å²) in [5, 5.41) is 4.95. The smallest absolute Gasteiger partial charge is 0.325 e. The molecule has 9 nitrogen and oxygen atoms in total. The van der Waals surface area contributed by atoms with Crippen molar-refractivity contribution in [3.8, 4) is 0 Å². The molecule has 0 aromatic heterocycles. The van der Waals surface area contributed by atoms with Crippen LogP contribution in [0, 0.1) is 0 Å². The first-order valence-electron chi connectivity index (χ1n) is 10.5. The number of nitrogens with zero attached hydrogens (tertiary/aromatic N) is 1. The number of benzene rings is 1. The van der Waals surface area contributed by atoms with Crippen molar-refractivity contribution in [3.63, 3.8) is 0 Å². The molecule has 2 atom stereocenters. The minimum atomic E-state index is -3.69. The van der Waals surface area contributed by atoms with Crippen LogP contribution >= 0.6 is 0 Å². The molecule has 0 spiro atoms. The Morgan fingerprint density at radius 3 is 2.39 bits per heavy atom. The van der Waals surface area contributed by atoms with Gasteiger partial charge in [-0.15, -0.1) is 0 Å². The molecular weight excluding hydrogens is 422 g/mol. The van der Waals surface area contributed by atoms with Crippen molar-refractivity contribution >= 4 is 27.9 Å². The van der Waals surface area contributed by atoms with Crippen molar-refractivity contribution in [2.24, 2.45) is 0 Å². The second kappa shape index (κ2) is 9.78. The van der Waals surface area contributed by atoms with Crippen LogP contribution in [0.4, 0.5) is 4.79 Å². The number of rotatable bonds is 5. The zero-order valence-corrected chi connectivity index (χ0v) is 18.6. The molecule has 0 saturated heterocycles. The van der Waals surface area contributed by atoms with Gasteiger partial charge in [0.1, 0.15) is 6.04 Å². The molecule has 1 aliphatic carbocycles. The number of imide groups is 1. The molecule has 2 unspecified atom stereocenters. The number of carbonyl (C=O) groups excluding carboxylic acids is 3. The number of urea groups is 1. The molecular formula is C21H29N3O6S. The van der Waals surface area contributed by atoms with E-state index >= 15 is 0 Å². The van der Waals surface area contributed by atoms with Gasteiger partial charge in [0.2, 0.25) is 10.0 Å². The zero-order chi connectivity index (χ0) is 22.6. The van der Waals surface area contributed by atoms with Crippen molar-refractivity contribution in [3.05, 3.63) is 35.4 Å². The molecule has 2 N–H and O–H groups in total. The van der Waals surface area contributed by atoms with Crippen molar-refractivity contribution in [2.45, 2.75) is 70.2 Å². The zero-order valence-electron chi connectivity index (χ0n) is 17.8. The Balaban J connectivity index is 1.60. The van der Waals surface area contributed by atoms with Crippen LogP contribution in [0.15, 0.2) is 24.3 Å². The largest absolute Gasteiger partial charge is 0.451 e. The number of fused-ring (bicyclic) bond motifs is 1. The average molecular weight is 452 g/mol. The van der Waals surface area contributed by atoms with Gasteiger partial charge in [-0.05, 0) is 30.9 Å². The molecule has 1 saturated carbocycles. The number of nitrogens with one attached hydrogen (secondary N) is 2. The third kappa shape index (κ3) is 6.04. The second-order valence-corrected chi connectivity index (χ2v) is 10.1. The number of sulfonamides is 1. The van der Waals surface area contributed by atoms with Gasteiger partial charge in [-0.1, -0.05) is 43.5 Å². The highest BCUT2D eigenvalue weighted by Gasteiger charge is 2.39. The van der Waals surface area contributed by atoms with E-state index in [4.69, 9.17) is 4.74 Å². The van der Waals surface area contributed by atoms with Crippen LogP contribution in [0.5, 0.6) is 0 Å². The summed E-state index contributed by atoms with van der Waals surface area (Å²) in [5.74, 6) is -1.58. The summed E-state index contributed by atoms with van der Waals surface area (Å²) in [7, 11) is -3.69. The first-order chi connectivity index (χ1) is 14.6. The normalized spacial score (nSPS) is 20.9. The van der Waals surface area contributed by atoms with E-state index in [1.54, 1.807) is 0 Å². The topological polar surface area (TPSA) is 122 Å². The monoisotopic (exact) mass is 451 g/mol. The molecule has 0 radical (unpaired) electrons. The van der Waals surface area contributed by atoms with Gasteiger partial charge in [0.15, 0.2) is 6.10 Å². The van der Waals surface area contributed by atoms with E-state index in [0.717, 1.165) is 53.8 Å². The minimum absolute atomic E-state index is 0.0324. The fourth-order valence-corrected chi connectivity index (χ4v) is 5.03. The summed E-state index contributed by atoms with van der Waals surface area (Å²) in [6.45, 7) is 1.40. The van der Waals surface area contributed by atoms with Crippen LogP contribution in [0.25, 0.3) is 0 Å². The van der Waals surface area contributed by atoms with Gasteiger partial charge in [0.05, 0.1) is 6.26 Å². The molecule has 3 rings (SSSR count). The first-order valence-corrected chi connectivity index (χ1v) is 12.4. The number of ether oxygens (including phenoxy) is 1. The highest BCUT2D eigenvalue weighted by atomic mass is 32.2. The van der Waals surface area contributed by atoms with Crippen LogP contribution in [0.2, 0.25) is 0 Å². The van der Waals surface area contributed by atoms with Crippen molar-refractivity contribution < 1.29 is 27.5 Å². The van der Waals surface area contributed by atoms with Crippen LogP contribution in [0.3, 0.4) is 0 Å². The lowest BCUT2D eigenvalue weighted by atomic mass is 9.96. The van der Waals surface area contributed by atoms with Crippen molar-refractivity contribution in [1.82, 2.24) is 14.9 Å². The van der Waals surface area contributed by atoms with E-state index in [1.807, 2.05) is 24.3 Å². The van der Waals surface area contributed by atoms with E-state index in [2.05, 4.69) is 10.6 Å². The summed E-state index contributed by atoms with van der Waals surface area (Å²) in [6.07, 6.45) is 4.89. The van der Waals surface area contributed by atoms with Crippen LogP contribution in [0.1, 0.15) is 50.2 Å². The molecule has 2 aliphatic rings. The van der Waals surface area contributed by atoms with E-state index < -0.39 is 40.1 Å². The Kier molecular flexibility index (Phi) is 7.32. The fraction of sp³-hybridized carbons (Fsp3) is 0.571. The third-order valence-corrected chi connectivity index (χ3v) is 6.98. The average Bonchev–Trinajstić information content (AvgIpc) is 2.72. The maximum Gasteiger partial charge on any atom is 0.325 e. The first kappa shape index (κ1) is 23.2. The summed E-state index contributed by atoms with van der Waals surface area (Å²) >= 11 is 0. The molecule has 1 aromatic rings. The molecule has 10 heteroatoms. The van der Waals surface area contributed by atoms with E-state index in [-0.39, 0.29) is 19.0 Å². The molecule has 3 amide bonds. The highest BCUT2D eigenvalue weighted by Crippen LogP contribution is 2.26. The summed E-state index contributed by atoms with van der Waals surface area (Å²) in [5.41, 5.74) is 1.68. The Morgan fingerprint density at radius 1 is 1.10 bits per heavy atom. The Hall–Kier alpha value is -2.46. The lowest BCUT2D eigenvalue weighted by Gasteiger charge is -2.33.